The molecule has 0 fully saturated rings. The highest BCUT2D eigenvalue weighted by Crippen LogP contribution is 2.21. The number of carbonyl (C=O) groups is 1. The third kappa shape index (κ3) is 4.39. The van der Waals surface area contributed by atoms with Crippen molar-refractivity contribution >= 4 is 16.9 Å². The number of hydrogen-bond acceptors (Lipinski definition) is 4. The Balaban J connectivity index is 1.85. The third-order valence-corrected chi connectivity index (χ3v) is 4.63. The lowest BCUT2D eigenvalue weighted by atomic mass is 10.1. The molecule has 1 amide bonds. The highest BCUT2D eigenvalue weighted by molar-refractivity contribution is 5.97. The molecule has 1 heterocycles. The van der Waals surface area contributed by atoms with Crippen LogP contribution in [0.5, 0.6) is 5.75 Å². The highest BCUT2D eigenvalue weighted by Gasteiger charge is 2.14. The summed E-state index contributed by atoms with van der Waals surface area (Å²) in [5.74, 6) is 0.476. The zero-order chi connectivity index (χ0) is 21.1. The summed E-state index contributed by atoms with van der Waals surface area (Å²) < 4.78 is 7.10. The molecule has 0 saturated carbocycles. The first-order valence-electron chi connectivity index (χ1n) is 9.64. The number of nitrogens with zero attached hydrogens (tertiary/aromatic N) is 1. The fourth-order valence-electron chi connectivity index (χ4n) is 3.23. The molecule has 0 aliphatic rings. The van der Waals surface area contributed by atoms with Gasteiger partial charge in [-0.15, -0.1) is 0 Å². The van der Waals surface area contributed by atoms with E-state index in [0.29, 0.717) is 23.1 Å². The zero-order valence-corrected chi connectivity index (χ0v) is 17.0. The van der Waals surface area contributed by atoms with E-state index in [-0.39, 0.29) is 18.1 Å². The predicted octanol–water partition coefficient (Wildman–Crippen LogP) is 2.99. The minimum Gasteiger partial charge on any atom is -0.491 e. The zero-order valence-electron chi connectivity index (χ0n) is 17.0. The molecule has 2 N–H and O–H groups in total. The van der Waals surface area contributed by atoms with E-state index in [9.17, 15) is 14.4 Å². The van der Waals surface area contributed by atoms with E-state index in [1.54, 1.807) is 25.1 Å². The first-order chi connectivity index (χ1) is 13.8. The summed E-state index contributed by atoms with van der Waals surface area (Å²) in [5.41, 5.74) is 1.05. The number of aryl methyl sites for hydroxylation is 1. The summed E-state index contributed by atoms with van der Waals surface area (Å²) in [6, 6.07) is 12.3. The molecule has 3 aromatic rings. The van der Waals surface area contributed by atoms with Crippen LogP contribution in [0.4, 0.5) is 0 Å². The molecule has 1 unspecified atom stereocenters. The molecule has 3 rings (SSSR count). The van der Waals surface area contributed by atoms with Crippen LogP contribution in [0.15, 0.2) is 52.1 Å². The summed E-state index contributed by atoms with van der Waals surface area (Å²) in [5, 5.41) is 2.96. The number of carbonyl (C=O) groups excluding carboxylic acids is 1. The normalized spacial score (nSPS) is 12.2. The number of fused-ring (bicyclic) bond motifs is 1. The van der Waals surface area contributed by atoms with E-state index in [2.05, 4.69) is 10.3 Å². The molecular formula is C22H25N3O4. The number of H-pyrrole nitrogens is 1. The number of aromatic nitrogens is 2. The first-order valence-corrected chi connectivity index (χ1v) is 9.64. The minimum atomic E-state index is -0.702. The Labute approximate surface area is 168 Å². The molecule has 7 nitrogen and oxygen atoms in total. The van der Waals surface area contributed by atoms with Gasteiger partial charge in [0, 0.05) is 12.1 Å². The van der Waals surface area contributed by atoms with Crippen molar-refractivity contribution in [1.29, 1.82) is 0 Å². The van der Waals surface area contributed by atoms with Crippen LogP contribution in [0, 0.1) is 0 Å². The van der Waals surface area contributed by atoms with Crippen molar-refractivity contribution in [3.8, 4) is 5.75 Å². The van der Waals surface area contributed by atoms with E-state index >= 15 is 0 Å². The van der Waals surface area contributed by atoms with Crippen LogP contribution in [0.3, 0.4) is 0 Å². The number of amides is 1. The highest BCUT2D eigenvalue weighted by atomic mass is 16.5. The first kappa shape index (κ1) is 20.4. The predicted molar refractivity (Wildman–Crippen MR) is 113 cm³/mol. The van der Waals surface area contributed by atoms with Gasteiger partial charge in [-0.25, -0.2) is 0 Å². The second kappa shape index (κ2) is 8.34. The molecule has 2 aromatic carbocycles. The van der Waals surface area contributed by atoms with E-state index < -0.39 is 11.1 Å². The largest absolute Gasteiger partial charge is 0.491 e. The number of ether oxygens (including phenoxy) is 1. The van der Waals surface area contributed by atoms with Gasteiger partial charge in [0.2, 0.25) is 0 Å². The molecule has 0 saturated heterocycles. The molecule has 7 heteroatoms. The minimum absolute atomic E-state index is 0.0652. The van der Waals surface area contributed by atoms with Crippen LogP contribution in [-0.2, 0) is 6.54 Å². The van der Waals surface area contributed by atoms with Crippen LogP contribution < -0.4 is 21.2 Å². The van der Waals surface area contributed by atoms with Crippen LogP contribution in [0.1, 0.15) is 49.7 Å². The smallest absolute Gasteiger partial charge is 0.316 e. The Kier molecular flexibility index (Phi) is 5.87. The van der Waals surface area contributed by atoms with Crippen molar-refractivity contribution in [3.63, 3.8) is 0 Å². The Bertz CT molecular complexity index is 1160. The van der Waals surface area contributed by atoms with Crippen molar-refractivity contribution in [3.05, 3.63) is 74.3 Å². The fourth-order valence-corrected chi connectivity index (χ4v) is 3.23. The molecule has 1 aromatic heterocycles. The fraction of sp³-hybridized carbons (Fsp3) is 0.318. The van der Waals surface area contributed by atoms with Crippen LogP contribution in [0.2, 0.25) is 0 Å². The Morgan fingerprint density at radius 2 is 1.90 bits per heavy atom. The van der Waals surface area contributed by atoms with E-state index in [0.717, 1.165) is 11.3 Å². The molecule has 0 radical (unpaired) electrons. The maximum Gasteiger partial charge on any atom is 0.316 e. The lowest BCUT2D eigenvalue weighted by Crippen LogP contribution is -2.36. The van der Waals surface area contributed by atoms with Gasteiger partial charge in [0.25, 0.3) is 5.91 Å². The van der Waals surface area contributed by atoms with E-state index in [4.69, 9.17) is 4.74 Å². The summed E-state index contributed by atoms with van der Waals surface area (Å²) in [7, 11) is 0. The number of nitrogens with one attached hydrogen (secondary N) is 2. The Morgan fingerprint density at radius 1 is 1.14 bits per heavy atom. The standard InChI is InChI=1S/C22H25N3O4/c1-5-25-19-10-9-16(12-18(19)24-21(27)22(25)28)20(26)23-14(4)15-7-6-8-17(11-15)29-13(2)3/h6-14H,5H2,1-4H3,(H,23,26)(H,24,27). The average Bonchev–Trinajstić information content (AvgIpc) is 2.68. The average molecular weight is 395 g/mol. The summed E-state index contributed by atoms with van der Waals surface area (Å²) in [6.45, 7) is 7.97. The van der Waals surface area contributed by atoms with Crippen LogP contribution in [-0.4, -0.2) is 21.6 Å². The molecule has 0 bridgehead atoms. The number of rotatable bonds is 6. The number of aromatic amines is 1. The molecule has 152 valence electrons. The van der Waals surface area contributed by atoms with Gasteiger partial charge < -0.3 is 19.6 Å². The molecule has 0 aliphatic heterocycles. The van der Waals surface area contributed by atoms with Crippen molar-refractivity contribution in [2.24, 2.45) is 0 Å². The maximum atomic E-state index is 12.7. The lowest BCUT2D eigenvalue weighted by molar-refractivity contribution is 0.0940. The molecule has 0 aliphatic carbocycles. The van der Waals surface area contributed by atoms with Crippen LogP contribution >= 0.6 is 0 Å². The second-order valence-electron chi connectivity index (χ2n) is 7.17. The topological polar surface area (TPSA) is 93.2 Å². The molecule has 29 heavy (non-hydrogen) atoms. The van der Waals surface area contributed by atoms with Crippen LogP contribution in [0.25, 0.3) is 11.0 Å². The third-order valence-electron chi connectivity index (χ3n) is 4.63. The SMILES string of the molecule is CCn1c(=O)c(=O)[nH]c2cc(C(=O)NC(C)c3cccc(OC(C)C)c3)ccc21. The second-order valence-corrected chi connectivity index (χ2v) is 7.17. The summed E-state index contributed by atoms with van der Waals surface area (Å²) >= 11 is 0. The van der Waals surface area contributed by atoms with Gasteiger partial charge in [0.05, 0.1) is 23.2 Å². The van der Waals surface area contributed by atoms with Gasteiger partial charge in [-0.05, 0) is 63.6 Å². The number of hydrogen-bond donors (Lipinski definition) is 2. The quantitative estimate of drug-likeness (QED) is 0.628. The van der Waals surface area contributed by atoms with Crippen molar-refractivity contribution in [2.75, 3.05) is 0 Å². The summed E-state index contributed by atoms with van der Waals surface area (Å²) in [6.07, 6.45) is 0.0652. The van der Waals surface area contributed by atoms with Gasteiger partial charge in [-0.1, -0.05) is 12.1 Å². The van der Waals surface area contributed by atoms with Gasteiger partial charge in [0.1, 0.15) is 5.75 Å². The number of benzene rings is 2. The van der Waals surface area contributed by atoms with E-state index in [1.807, 2.05) is 45.0 Å². The summed E-state index contributed by atoms with van der Waals surface area (Å²) in [4.78, 5) is 39.1. The molecule has 1 atom stereocenters. The van der Waals surface area contributed by atoms with Gasteiger partial charge in [-0.3, -0.25) is 14.4 Å². The van der Waals surface area contributed by atoms with Gasteiger partial charge >= 0.3 is 11.1 Å². The Hall–Kier alpha value is -3.35. The van der Waals surface area contributed by atoms with Crippen molar-refractivity contribution in [1.82, 2.24) is 14.9 Å². The van der Waals surface area contributed by atoms with Gasteiger partial charge in [-0.2, -0.15) is 0 Å². The van der Waals surface area contributed by atoms with Crippen molar-refractivity contribution < 1.29 is 9.53 Å². The maximum absolute atomic E-state index is 12.7. The van der Waals surface area contributed by atoms with Gasteiger partial charge in [0.15, 0.2) is 0 Å². The van der Waals surface area contributed by atoms with E-state index in [1.165, 1.54) is 4.57 Å². The lowest BCUT2D eigenvalue weighted by Gasteiger charge is -2.17. The van der Waals surface area contributed by atoms with Crippen molar-refractivity contribution in [2.45, 2.75) is 46.4 Å². The molecule has 0 spiro atoms. The monoisotopic (exact) mass is 395 g/mol. The Morgan fingerprint density at radius 3 is 2.59 bits per heavy atom. The molecular weight excluding hydrogens is 370 g/mol.